The van der Waals surface area contributed by atoms with Crippen molar-refractivity contribution >= 4 is 5.91 Å². The number of rotatable bonds is 6. The van der Waals surface area contributed by atoms with E-state index in [0.717, 1.165) is 30.2 Å². The fourth-order valence-corrected chi connectivity index (χ4v) is 3.27. The normalized spacial score (nSPS) is 14.8. The Morgan fingerprint density at radius 2 is 2.00 bits per heavy atom. The quantitative estimate of drug-likeness (QED) is 0.743. The van der Waals surface area contributed by atoms with E-state index in [1.54, 1.807) is 12.4 Å². The summed E-state index contributed by atoms with van der Waals surface area (Å²) in [6, 6.07) is 14.3. The van der Waals surface area contributed by atoms with E-state index >= 15 is 0 Å². The van der Waals surface area contributed by atoms with Gasteiger partial charge in [-0.3, -0.25) is 9.78 Å². The van der Waals surface area contributed by atoms with Gasteiger partial charge in [-0.15, -0.1) is 0 Å². The van der Waals surface area contributed by atoms with Crippen LogP contribution in [0.2, 0.25) is 0 Å². The Morgan fingerprint density at radius 1 is 1.19 bits per heavy atom. The van der Waals surface area contributed by atoms with Gasteiger partial charge in [0.25, 0.3) is 0 Å². The van der Waals surface area contributed by atoms with E-state index in [0.29, 0.717) is 13.0 Å². The summed E-state index contributed by atoms with van der Waals surface area (Å²) in [5.41, 5.74) is 2.06. The highest BCUT2D eigenvalue weighted by molar-refractivity contribution is 5.72. The number of benzene rings is 1. The van der Waals surface area contributed by atoms with Gasteiger partial charge in [0.2, 0.25) is 5.91 Å². The van der Waals surface area contributed by atoms with Crippen molar-refractivity contribution < 1.29 is 4.79 Å². The molecule has 3 aromatic rings. The third-order valence-corrected chi connectivity index (χ3v) is 4.79. The molecule has 0 saturated heterocycles. The van der Waals surface area contributed by atoms with Crippen LogP contribution in [0, 0.1) is 0 Å². The molecule has 1 saturated carbocycles. The molecule has 0 spiro atoms. The molecule has 2 aromatic heterocycles. The highest BCUT2D eigenvalue weighted by atomic mass is 16.1. The zero-order valence-corrected chi connectivity index (χ0v) is 14.7. The van der Waals surface area contributed by atoms with Gasteiger partial charge in [0.05, 0.1) is 17.3 Å². The summed E-state index contributed by atoms with van der Waals surface area (Å²) >= 11 is 0. The van der Waals surface area contributed by atoms with Gasteiger partial charge in [0.15, 0.2) is 5.82 Å². The topological polar surface area (TPSA) is 72.7 Å². The zero-order chi connectivity index (χ0) is 18.0. The summed E-state index contributed by atoms with van der Waals surface area (Å²) < 4.78 is 1.85. The third-order valence-electron chi connectivity index (χ3n) is 4.79. The average molecular weight is 347 g/mol. The van der Waals surface area contributed by atoms with E-state index in [9.17, 15) is 4.79 Å². The van der Waals surface area contributed by atoms with Crippen LogP contribution in [-0.2, 0) is 16.6 Å². The number of amides is 1. The number of hydrogen-bond acceptors (Lipinski definition) is 4. The summed E-state index contributed by atoms with van der Waals surface area (Å²) in [5, 5.41) is 7.67. The second kappa shape index (κ2) is 6.71. The number of hydrogen-bond donors (Lipinski definition) is 1. The second-order valence-corrected chi connectivity index (χ2v) is 6.66. The van der Waals surface area contributed by atoms with Gasteiger partial charge < -0.3 is 5.32 Å². The van der Waals surface area contributed by atoms with Crippen LogP contribution in [0.1, 0.15) is 37.0 Å². The molecule has 6 heteroatoms. The molecule has 0 aliphatic heterocycles. The van der Waals surface area contributed by atoms with Crippen molar-refractivity contribution in [2.45, 2.75) is 31.6 Å². The molecule has 2 heterocycles. The molecule has 1 aliphatic carbocycles. The summed E-state index contributed by atoms with van der Waals surface area (Å²) in [6.45, 7) is 2.05. The van der Waals surface area contributed by atoms with Gasteiger partial charge in [0, 0.05) is 26.1 Å². The number of carbonyl (C=O) groups excluding carboxylic acids is 1. The van der Waals surface area contributed by atoms with Gasteiger partial charge in [-0.1, -0.05) is 30.3 Å². The lowest BCUT2D eigenvalue weighted by Gasteiger charge is -2.11. The molecule has 4 rings (SSSR count). The Morgan fingerprint density at radius 3 is 2.65 bits per heavy atom. The molecule has 0 unspecified atom stereocenters. The second-order valence-electron chi connectivity index (χ2n) is 6.66. The number of carbonyl (C=O) groups is 1. The van der Waals surface area contributed by atoms with Gasteiger partial charge in [-0.25, -0.2) is 9.67 Å². The molecular formula is C20H21N5O. The number of nitrogens with zero attached hydrogens (tertiary/aromatic N) is 4. The predicted molar refractivity (Wildman–Crippen MR) is 98.0 cm³/mol. The molecule has 1 aromatic carbocycles. The fourth-order valence-electron chi connectivity index (χ4n) is 3.27. The number of aromatic nitrogens is 4. The lowest BCUT2D eigenvalue weighted by molar-refractivity contribution is -0.118. The molecule has 1 fully saturated rings. The Kier molecular flexibility index (Phi) is 4.24. The van der Waals surface area contributed by atoms with Gasteiger partial charge in [0.1, 0.15) is 5.82 Å². The van der Waals surface area contributed by atoms with E-state index in [4.69, 9.17) is 10.1 Å². The summed E-state index contributed by atoms with van der Waals surface area (Å²) in [7, 11) is 0. The van der Waals surface area contributed by atoms with Gasteiger partial charge in [-0.05, 0) is 30.5 Å². The first kappa shape index (κ1) is 16.4. The number of nitrogens with one attached hydrogen (secondary N) is 1. The predicted octanol–water partition coefficient (Wildman–Crippen LogP) is 2.42. The highest BCUT2D eigenvalue weighted by Crippen LogP contribution is 2.52. The summed E-state index contributed by atoms with van der Waals surface area (Å²) in [6.07, 6.45) is 6.25. The highest BCUT2D eigenvalue weighted by Gasteiger charge is 2.49. The SMILES string of the molecule is CC(=O)NCCc1nc(C2(c3ccccc3)CC2)nn1-c1cccnc1. The van der Waals surface area contributed by atoms with Crippen molar-refractivity contribution in [2.75, 3.05) is 6.54 Å². The lowest BCUT2D eigenvalue weighted by Crippen LogP contribution is -2.23. The summed E-state index contributed by atoms with van der Waals surface area (Å²) in [5.74, 6) is 1.65. The Bertz CT molecular complexity index is 900. The van der Waals surface area contributed by atoms with Crippen molar-refractivity contribution in [2.24, 2.45) is 0 Å². The van der Waals surface area contributed by atoms with Crippen LogP contribution in [0.25, 0.3) is 5.69 Å². The molecule has 132 valence electrons. The maximum Gasteiger partial charge on any atom is 0.216 e. The van der Waals surface area contributed by atoms with E-state index in [-0.39, 0.29) is 11.3 Å². The van der Waals surface area contributed by atoms with Crippen LogP contribution in [-0.4, -0.2) is 32.2 Å². The standard InChI is InChI=1S/C20H21N5O/c1-15(26)22-13-9-18-23-19(24-25(18)17-8-5-12-21-14-17)20(10-11-20)16-6-3-2-4-7-16/h2-8,12,14H,9-11,13H2,1H3,(H,22,26). The Hall–Kier alpha value is -3.02. The van der Waals surface area contributed by atoms with Gasteiger partial charge in [-0.2, -0.15) is 5.10 Å². The smallest absolute Gasteiger partial charge is 0.216 e. The Balaban J connectivity index is 1.71. The Labute approximate surface area is 152 Å². The minimum Gasteiger partial charge on any atom is -0.356 e. The van der Waals surface area contributed by atoms with Crippen LogP contribution in [0.3, 0.4) is 0 Å². The molecule has 6 nitrogen and oxygen atoms in total. The van der Waals surface area contributed by atoms with Crippen LogP contribution in [0.15, 0.2) is 54.9 Å². The maximum absolute atomic E-state index is 11.2. The van der Waals surface area contributed by atoms with Crippen molar-refractivity contribution in [1.29, 1.82) is 0 Å². The molecule has 1 amide bonds. The maximum atomic E-state index is 11.2. The van der Waals surface area contributed by atoms with E-state index in [2.05, 4.69) is 34.6 Å². The first-order valence-electron chi connectivity index (χ1n) is 8.86. The average Bonchev–Trinajstić information content (AvgIpc) is 3.37. The van der Waals surface area contributed by atoms with E-state index < -0.39 is 0 Å². The van der Waals surface area contributed by atoms with E-state index in [1.807, 2.05) is 22.9 Å². The lowest BCUT2D eigenvalue weighted by atomic mass is 9.95. The van der Waals surface area contributed by atoms with Crippen LogP contribution < -0.4 is 5.32 Å². The fraction of sp³-hybridized carbons (Fsp3) is 0.300. The summed E-state index contributed by atoms with van der Waals surface area (Å²) in [4.78, 5) is 20.2. The minimum absolute atomic E-state index is 0.0411. The first-order valence-corrected chi connectivity index (χ1v) is 8.86. The largest absolute Gasteiger partial charge is 0.356 e. The molecule has 0 atom stereocenters. The first-order chi connectivity index (χ1) is 12.7. The monoisotopic (exact) mass is 347 g/mol. The molecular weight excluding hydrogens is 326 g/mol. The van der Waals surface area contributed by atoms with E-state index in [1.165, 1.54) is 12.5 Å². The zero-order valence-electron chi connectivity index (χ0n) is 14.7. The number of pyridine rings is 1. The van der Waals surface area contributed by atoms with Crippen molar-refractivity contribution in [3.8, 4) is 5.69 Å². The van der Waals surface area contributed by atoms with Crippen molar-refractivity contribution in [1.82, 2.24) is 25.1 Å². The van der Waals surface area contributed by atoms with Gasteiger partial charge >= 0.3 is 0 Å². The van der Waals surface area contributed by atoms with Crippen molar-refractivity contribution in [3.05, 3.63) is 72.1 Å². The van der Waals surface area contributed by atoms with Crippen molar-refractivity contribution in [3.63, 3.8) is 0 Å². The molecule has 0 radical (unpaired) electrons. The minimum atomic E-state index is -0.0858. The van der Waals surface area contributed by atoms with Crippen LogP contribution in [0.5, 0.6) is 0 Å². The van der Waals surface area contributed by atoms with Crippen LogP contribution in [0.4, 0.5) is 0 Å². The molecule has 1 N–H and O–H groups in total. The van der Waals surface area contributed by atoms with Crippen LogP contribution >= 0.6 is 0 Å². The molecule has 1 aliphatic rings. The molecule has 26 heavy (non-hydrogen) atoms. The third kappa shape index (κ3) is 3.10. The molecule has 0 bridgehead atoms.